The highest BCUT2D eigenvalue weighted by atomic mass is 19.1. The van der Waals surface area contributed by atoms with Gasteiger partial charge in [0.15, 0.2) is 0 Å². The van der Waals surface area contributed by atoms with E-state index in [1.165, 1.54) is 6.07 Å². The van der Waals surface area contributed by atoms with E-state index in [1.807, 2.05) is 50.2 Å². The topological polar surface area (TPSA) is 26.0 Å². The van der Waals surface area contributed by atoms with Crippen molar-refractivity contribution < 1.29 is 4.39 Å². The monoisotopic (exact) mass is 229 g/mol. The zero-order chi connectivity index (χ0) is 12.5. The van der Waals surface area contributed by atoms with Gasteiger partial charge in [-0.05, 0) is 37.1 Å². The van der Waals surface area contributed by atoms with E-state index in [9.17, 15) is 4.39 Å². The Labute approximate surface area is 101 Å². The van der Waals surface area contributed by atoms with Gasteiger partial charge >= 0.3 is 0 Å². The Bertz CT molecular complexity index is 512. The maximum atomic E-state index is 13.8. The van der Waals surface area contributed by atoms with Crippen LogP contribution in [0.4, 0.5) is 4.39 Å². The van der Waals surface area contributed by atoms with Gasteiger partial charge in [-0.15, -0.1) is 0 Å². The predicted octanol–water partition coefficient (Wildman–Crippen LogP) is 3.69. The molecule has 0 aliphatic carbocycles. The molecule has 2 N–H and O–H groups in total. The molecule has 2 rings (SSSR count). The molecule has 2 heteroatoms. The molecule has 0 spiro atoms. The Morgan fingerprint density at radius 1 is 1.00 bits per heavy atom. The first-order chi connectivity index (χ1) is 7.98. The van der Waals surface area contributed by atoms with Crippen LogP contribution in [0.2, 0.25) is 0 Å². The molecule has 1 nitrogen and oxygen atoms in total. The summed E-state index contributed by atoms with van der Waals surface area (Å²) in [6.07, 6.45) is 0. The van der Waals surface area contributed by atoms with Crippen LogP contribution in [-0.2, 0) is 5.54 Å². The standard InChI is InChI=1S/C15H16FN/c1-15(2,17)12-8-9-14(16)13(10-12)11-6-4-3-5-7-11/h3-10H,17H2,1-2H3. The summed E-state index contributed by atoms with van der Waals surface area (Å²) in [5.41, 5.74) is 7.97. The van der Waals surface area contributed by atoms with Gasteiger partial charge in [0.2, 0.25) is 0 Å². The highest BCUT2D eigenvalue weighted by Crippen LogP contribution is 2.27. The van der Waals surface area contributed by atoms with Crippen LogP contribution >= 0.6 is 0 Å². The number of hydrogen-bond acceptors (Lipinski definition) is 1. The number of rotatable bonds is 2. The molecule has 0 saturated heterocycles. The van der Waals surface area contributed by atoms with Crippen molar-refractivity contribution in [2.75, 3.05) is 0 Å². The molecule has 88 valence electrons. The fraction of sp³-hybridized carbons (Fsp3) is 0.200. The summed E-state index contributed by atoms with van der Waals surface area (Å²) in [5.74, 6) is -0.218. The van der Waals surface area contributed by atoms with Gasteiger partial charge in [-0.1, -0.05) is 36.4 Å². The molecule has 2 aromatic rings. The fourth-order valence-electron chi connectivity index (χ4n) is 1.76. The Hall–Kier alpha value is -1.67. The Balaban J connectivity index is 2.55. The van der Waals surface area contributed by atoms with Crippen molar-refractivity contribution in [2.45, 2.75) is 19.4 Å². The summed E-state index contributed by atoms with van der Waals surface area (Å²) in [6, 6.07) is 14.5. The van der Waals surface area contributed by atoms with Crippen molar-refractivity contribution in [3.8, 4) is 11.1 Å². The average molecular weight is 229 g/mol. The van der Waals surface area contributed by atoms with Crippen molar-refractivity contribution in [1.29, 1.82) is 0 Å². The normalized spacial score (nSPS) is 11.5. The third-order valence-corrected chi connectivity index (χ3v) is 2.80. The third-order valence-electron chi connectivity index (χ3n) is 2.80. The van der Waals surface area contributed by atoms with E-state index in [2.05, 4.69) is 0 Å². The fourth-order valence-corrected chi connectivity index (χ4v) is 1.76. The van der Waals surface area contributed by atoms with Gasteiger partial charge in [-0.3, -0.25) is 0 Å². The molecule has 0 saturated carbocycles. The highest BCUT2D eigenvalue weighted by molar-refractivity contribution is 5.65. The second-order valence-corrected chi connectivity index (χ2v) is 4.78. The van der Waals surface area contributed by atoms with Crippen LogP contribution in [0.1, 0.15) is 19.4 Å². The largest absolute Gasteiger partial charge is 0.322 e. The predicted molar refractivity (Wildman–Crippen MR) is 69.0 cm³/mol. The van der Waals surface area contributed by atoms with Crippen molar-refractivity contribution in [1.82, 2.24) is 0 Å². The second-order valence-electron chi connectivity index (χ2n) is 4.78. The van der Waals surface area contributed by atoms with E-state index in [-0.39, 0.29) is 5.82 Å². The van der Waals surface area contributed by atoms with Crippen LogP contribution in [0.5, 0.6) is 0 Å². The van der Waals surface area contributed by atoms with Gasteiger partial charge in [-0.2, -0.15) is 0 Å². The van der Waals surface area contributed by atoms with Crippen molar-refractivity contribution >= 4 is 0 Å². The molecule has 0 radical (unpaired) electrons. The Morgan fingerprint density at radius 2 is 1.65 bits per heavy atom. The van der Waals surface area contributed by atoms with Crippen LogP contribution in [-0.4, -0.2) is 0 Å². The minimum Gasteiger partial charge on any atom is -0.322 e. The molecule has 17 heavy (non-hydrogen) atoms. The molecule has 0 bridgehead atoms. The van der Waals surface area contributed by atoms with Gasteiger partial charge in [0, 0.05) is 11.1 Å². The van der Waals surface area contributed by atoms with Crippen LogP contribution in [0.15, 0.2) is 48.5 Å². The zero-order valence-electron chi connectivity index (χ0n) is 10.1. The quantitative estimate of drug-likeness (QED) is 0.835. The molecule has 0 atom stereocenters. The molecular weight excluding hydrogens is 213 g/mol. The lowest BCUT2D eigenvalue weighted by molar-refractivity contribution is 0.551. The van der Waals surface area contributed by atoms with E-state index in [0.29, 0.717) is 5.56 Å². The zero-order valence-corrected chi connectivity index (χ0v) is 10.1. The molecule has 0 aliphatic heterocycles. The lowest BCUT2D eigenvalue weighted by Crippen LogP contribution is -2.28. The first-order valence-corrected chi connectivity index (χ1v) is 5.63. The maximum Gasteiger partial charge on any atom is 0.131 e. The summed E-state index contributed by atoms with van der Waals surface area (Å²) in [5, 5.41) is 0. The maximum absolute atomic E-state index is 13.8. The van der Waals surface area contributed by atoms with E-state index in [1.54, 1.807) is 6.07 Å². The van der Waals surface area contributed by atoms with Crippen LogP contribution < -0.4 is 5.73 Å². The number of hydrogen-bond donors (Lipinski definition) is 1. The minimum absolute atomic E-state index is 0.218. The molecule has 2 aromatic carbocycles. The molecule has 0 amide bonds. The first kappa shape index (κ1) is 11.8. The van der Waals surface area contributed by atoms with Crippen molar-refractivity contribution in [3.05, 3.63) is 59.9 Å². The molecule has 0 heterocycles. The van der Waals surface area contributed by atoms with E-state index >= 15 is 0 Å². The van der Waals surface area contributed by atoms with Crippen LogP contribution in [0, 0.1) is 5.82 Å². The molecule has 0 aromatic heterocycles. The summed E-state index contributed by atoms with van der Waals surface area (Å²) < 4.78 is 13.8. The summed E-state index contributed by atoms with van der Waals surface area (Å²) in [4.78, 5) is 0. The van der Waals surface area contributed by atoms with Gasteiger partial charge < -0.3 is 5.73 Å². The summed E-state index contributed by atoms with van der Waals surface area (Å²) in [6.45, 7) is 3.82. The van der Waals surface area contributed by atoms with Crippen molar-refractivity contribution in [2.24, 2.45) is 5.73 Å². The van der Waals surface area contributed by atoms with Gasteiger partial charge in [-0.25, -0.2) is 4.39 Å². The van der Waals surface area contributed by atoms with Gasteiger partial charge in [0.25, 0.3) is 0 Å². The van der Waals surface area contributed by atoms with Crippen LogP contribution in [0.25, 0.3) is 11.1 Å². The SMILES string of the molecule is CC(C)(N)c1ccc(F)c(-c2ccccc2)c1. The number of halogens is 1. The minimum atomic E-state index is -0.461. The molecule has 0 unspecified atom stereocenters. The van der Waals surface area contributed by atoms with Gasteiger partial charge in [0.1, 0.15) is 5.82 Å². The Kier molecular flexibility index (Phi) is 2.99. The first-order valence-electron chi connectivity index (χ1n) is 5.63. The number of nitrogens with two attached hydrogens (primary N) is 1. The molecule has 0 fully saturated rings. The van der Waals surface area contributed by atoms with Crippen molar-refractivity contribution in [3.63, 3.8) is 0 Å². The third kappa shape index (κ3) is 2.53. The smallest absolute Gasteiger partial charge is 0.131 e. The summed E-state index contributed by atoms with van der Waals surface area (Å²) >= 11 is 0. The number of benzene rings is 2. The van der Waals surface area contributed by atoms with E-state index < -0.39 is 5.54 Å². The Morgan fingerprint density at radius 3 is 2.24 bits per heavy atom. The van der Waals surface area contributed by atoms with E-state index in [4.69, 9.17) is 5.73 Å². The van der Waals surface area contributed by atoms with E-state index in [0.717, 1.165) is 11.1 Å². The van der Waals surface area contributed by atoms with Gasteiger partial charge in [0.05, 0.1) is 0 Å². The molecular formula is C15H16FN. The average Bonchev–Trinajstić information content (AvgIpc) is 2.29. The molecule has 0 aliphatic rings. The second kappa shape index (κ2) is 4.30. The van der Waals surface area contributed by atoms with Crippen LogP contribution in [0.3, 0.4) is 0 Å². The summed E-state index contributed by atoms with van der Waals surface area (Å²) in [7, 11) is 0. The lowest BCUT2D eigenvalue weighted by Gasteiger charge is -2.20. The highest BCUT2D eigenvalue weighted by Gasteiger charge is 2.16. The lowest BCUT2D eigenvalue weighted by atomic mass is 9.92.